The van der Waals surface area contributed by atoms with Gasteiger partial charge in [0.25, 0.3) is 11.8 Å². The third-order valence-corrected chi connectivity index (χ3v) is 15.4. The molecule has 334 valence electrons. The highest BCUT2D eigenvalue weighted by Gasteiger charge is 2.63. The number of amides is 4. The van der Waals surface area contributed by atoms with Gasteiger partial charge in [-0.05, 0) is 114 Å². The van der Waals surface area contributed by atoms with E-state index in [1.807, 2.05) is 12.2 Å². The summed E-state index contributed by atoms with van der Waals surface area (Å²) in [6.07, 6.45) is 9.20. The van der Waals surface area contributed by atoms with E-state index >= 15 is 0 Å². The smallest absolute Gasteiger partial charge is 0.408 e. The average molecular weight is 887 g/mol. The molecule has 2 aromatic heterocycles. The van der Waals surface area contributed by atoms with E-state index in [4.69, 9.17) is 28.6 Å². The second-order valence-electron chi connectivity index (χ2n) is 17.7. The van der Waals surface area contributed by atoms with Crippen LogP contribution in [0.1, 0.15) is 90.4 Å². The van der Waals surface area contributed by atoms with Crippen LogP contribution >= 0.6 is 0 Å². The Morgan fingerprint density at radius 1 is 0.984 bits per heavy atom. The van der Waals surface area contributed by atoms with Gasteiger partial charge < -0.3 is 34.2 Å². The molecule has 4 aromatic rings. The lowest BCUT2D eigenvalue weighted by atomic mass is 10.0. The zero-order valence-corrected chi connectivity index (χ0v) is 36.0. The van der Waals surface area contributed by atoms with E-state index < -0.39 is 74.0 Å². The molecule has 1 saturated heterocycles. The predicted molar refractivity (Wildman–Crippen MR) is 227 cm³/mol. The Hall–Kier alpha value is -5.78. The number of carbonyl (C=O) groups is 4. The molecule has 4 fully saturated rings. The molecule has 3 aliphatic carbocycles. The fourth-order valence-electron chi connectivity index (χ4n) is 8.98. The Labute approximate surface area is 363 Å². The second kappa shape index (κ2) is 16.7. The number of furan rings is 1. The predicted octanol–water partition coefficient (Wildman–Crippen LogP) is 5.97. The number of carbonyl (C=O) groups excluding carboxylic acids is 4. The van der Waals surface area contributed by atoms with E-state index in [1.54, 1.807) is 38.3 Å². The van der Waals surface area contributed by atoms with Crippen LogP contribution in [0.3, 0.4) is 0 Å². The number of benzene rings is 2. The number of nitrogens with one attached hydrogen (secondary N) is 3. The van der Waals surface area contributed by atoms with Gasteiger partial charge in [0.2, 0.25) is 27.4 Å². The minimum atomic E-state index is -4.04. The third kappa shape index (κ3) is 8.53. The van der Waals surface area contributed by atoms with Gasteiger partial charge in [-0.1, -0.05) is 25.0 Å². The number of rotatable bonds is 9. The highest BCUT2D eigenvalue weighted by atomic mass is 32.2. The van der Waals surface area contributed by atoms with E-state index in [0.717, 1.165) is 38.5 Å². The molecule has 18 heteroatoms. The molecule has 0 bridgehead atoms. The molecule has 9 rings (SSSR count). The number of halogens is 1. The fourth-order valence-corrected chi connectivity index (χ4v) is 10.3. The molecule has 3 saturated carbocycles. The van der Waals surface area contributed by atoms with Crippen LogP contribution in [-0.2, 0) is 29.1 Å². The number of nitrogens with zero attached hydrogens (tertiary/aromatic N) is 3. The fraction of sp³-hybridized carbons (Fsp3) is 0.511. The second-order valence-corrected chi connectivity index (χ2v) is 19.9. The van der Waals surface area contributed by atoms with Gasteiger partial charge in [-0.25, -0.2) is 22.6 Å². The summed E-state index contributed by atoms with van der Waals surface area (Å²) >= 11 is 0. The van der Waals surface area contributed by atoms with Crippen molar-refractivity contribution in [3.63, 3.8) is 0 Å². The van der Waals surface area contributed by atoms with E-state index in [9.17, 15) is 32.0 Å². The van der Waals surface area contributed by atoms with E-state index in [1.165, 1.54) is 23.1 Å². The van der Waals surface area contributed by atoms with Gasteiger partial charge in [0.15, 0.2) is 5.82 Å². The van der Waals surface area contributed by atoms with Crippen LogP contribution in [0.2, 0.25) is 0 Å². The molecule has 63 heavy (non-hydrogen) atoms. The lowest BCUT2D eigenvalue weighted by Gasteiger charge is -2.30. The molecule has 0 radical (unpaired) electrons. The summed E-state index contributed by atoms with van der Waals surface area (Å²) in [5.41, 5.74) is -0.259. The first-order valence-electron chi connectivity index (χ1n) is 21.8. The van der Waals surface area contributed by atoms with Crippen molar-refractivity contribution in [2.45, 2.75) is 125 Å². The van der Waals surface area contributed by atoms with Gasteiger partial charge in [0, 0.05) is 23.3 Å². The number of methoxy groups -OCH3 is 1. The van der Waals surface area contributed by atoms with Crippen LogP contribution in [-0.4, -0.2) is 95.3 Å². The minimum absolute atomic E-state index is 0.0140. The third-order valence-electron chi connectivity index (χ3n) is 13.2. The van der Waals surface area contributed by atoms with Crippen molar-refractivity contribution < 1.29 is 50.6 Å². The topological polar surface area (TPSA) is 208 Å². The molecule has 5 atom stereocenters. The Morgan fingerprint density at radius 2 is 1.75 bits per heavy atom. The number of sulfonamides is 1. The molecular formula is C45H51FN6O10S. The average Bonchev–Trinajstić information content (AvgIpc) is 3.93. The number of hydrogen-bond acceptors (Lipinski definition) is 12. The molecule has 3 N–H and O–H groups in total. The summed E-state index contributed by atoms with van der Waals surface area (Å²) in [4.78, 5) is 67.6. The van der Waals surface area contributed by atoms with Crippen LogP contribution in [0, 0.1) is 11.7 Å². The summed E-state index contributed by atoms with van der Waals surface area (Å²) < 4.78 is 66.1. The Bertz CT molecular complexity index is 2590. The quantitative estimate of drug-likeness (QED) is 0.166. The first kappa shape index (κ1) is 42.5. The molecule has 0 spiro atoms. The first-order valence-corrected chi connectivity index (χ1v) is 23.3. The first-order chi connectivity index (χ1) is 30.3. The molecule has 2 aliphatic heterocycles. The number of alkyl carbamates (subject to hydrolysis) is 1. The highest BCUT2D eigenvalue weighted by Crippen LogP contribution is 2.48. The lowest BCUT2D eigenvalue weighted by Crippen LogP contribution is -2.58. The SMILES string of the molecule is COc1ccc(-c2nc(O[C@@H]3C[C@H]4C(=O)N[C@]5(C(=O)NS(=O)(=O)C6(C)CC6)C[C@H]5/C=C\CCCCC[C@H](NC(=O)OC5CCCC5)C(=O)N4C3)c3oc4ccc(F)cc4c3n2)cc1. The zero-order chi connectivity index (χ0) is 44.1. The molecule has 5 aliphatic rings. The van der Waals surface area contributed by atoms with E-state index in [2.05, 4.69) is 15.4 Å². The van der Waals surface area contributed by atoms with Gasteiger partial charge in [-0.3, -0.25) is 19.1 Å². The minimum Gasteiger partial charge on any atom is -0.497 e. The molecule has 4 heterocycles. The van der Waals surface area contributed by atoms with E-state index in [-0.39, 0.29) is 54.7 Å². The van der Waals surface area contributed by atoms with Crippen molar-refractivity contribution >= 4 is 55.9 Å². The molecular weight excluding hydrogens is 836 g/mol. The van der Waals surface area contributed by atoms with Crippen molar-refractivity contribution in [1.29, 1.82) is 0 Å². The molecule has 4 amide bonds. The molecule has 0 unspecified atom stereocenters. The van der Waals surface area contributed by atoms with Crippen molar-refractivity contribution in [3.8, 4) is 23.0 Å². The Balaban J connectivity index is 1.06. The lowest BCUT2D eigenvalue weighted by molar-refractivity contribution is -0.141. The Morgan fingerprint density at radius 3 is 2.49 bits per heavy atom. The maximum atomic E-state index is 14.8. The normalized spacial score (nSPS) is 26.7. The highest BCUT2D eigenvalue weighted by molar-refractivity contribution is 7.91. The van der Waals surface area contributed by atoms with Gasteiger partial charge in [-0.15, -0.1) is 0 Å². The summed E-state index contributed by atoms with van der Waals surface area (Å²) in [5, 5.41) is 6.07. The van der Waals surface area contributed by atoms with Gasteiger partial charge in [-0.2, -0.15) is 4.98 Å². The summed E-state index contributed by atoms with van der Waals surface area (Å²) in [6, 6.07) is 8.77. The van der Waals surface area contributed by atoms with Crippen LogP contribution in [0.4, 0.5) is 9.18 Å². The van der Waals surface area contributed by atoms with Crippen LogP contribution in [0.5, 0.6) is 11.6 Å². The number of aromatic nitrogens is 2. The Kier molecular flexibility index (Phi) is 11.3. The summed E-state index contributed by atoms with van der Waals surface area (Å²) in [6.45, 7) is 1.44. The van der Waals surface area contributed by atoms with Crippen molar-refractivity contribution in [3.05, 3.63) is 60.4 Å². The zero-order valence-electron chi connectivity index (χ0n) is 35.2. The maximum Gasteiger partial charge on any atom is 0.408 e. The van der Waals surface area contributed by atoms with Crippen LogP contribution in [0.15, 0.2) is 59.0 Å². The number of fused-ring (bicyclic) bond motifs is 5. The molecule has 16 nitrogen and oxygen atoms in total. The summed E-state index contributed by atoms with van der Waals surface area (Å²) in [5.74, 6) is -2.24. The van der Waals surface area contributed by atoms with Crippen molar-refractivity contribution in [2.24, 2.45) is 5.92 Å². The summed E-state index contributed by atoms with van der Waals surface area (Å²) in [7, 11) is -2.50. The number of allylic oxidation sites excluding steroid dienone is 1. The monoisotopic (exact) mass is 886 g/mol. The standard InChI is InChI=1S/C45H51FN6O10S/c1-44(20-21-44)63(57,58)51-42(55)45-24-27(45)10-6-4-3-5-7-13-33(47-43(56)61-30-11-8-9-12-30)41(54)52-25-31(23-34(52)39(53)50-45)60-40-37-36(32-22-28(46)16-19-35(32)62-37)48-38(49-40)26-14-17-29(59-2)18-15-26/h6,10,14-19,22,27,30-31,33-34H,3-5,7-9,11-13,20-21,23-25H2,1-2H3,(H,47,56)(H,50,53)(H,51,55)/b10-6-/t27-,31-,33+,34+,45-/m1/s1. The van der Waals surface area contributed by atoms with Crippen molar-refractivity contribution in [2.75, 3.05) is 13.7 Å². The molecule has 2 aromatic carbocycles. The van der Waals surface area contributed by atoms with Crippen LogP contribution < -0.4 is 24.8 Å². The van der Waals surface area contributed by atoms with Gasteiger partial charge >= 0.3 is 6.09 Å². The number of ether oxygens (including phenoxy) is 3. The van der Waals surface area contributed by atoms with Crippen LogP contribution in [0.25, 0.3) is 33.5 Å². The number of hydrogen-bond donors (Lipinski definition) is 3. The van der Waals surface area contributed by atoms with E-state index in [0.29, 0.717) is 48.0 Å². The maximum absolute atomic E-state index is 14.8. The van der Waals surface area contributed by atoms with Crippen molar-refractivity contribution in [1.82, 2.24) is 30.2 Å². The van der Waals surface area contributed by atoms with Gasteiger partial charge in [0.1, 0.15) is 52.5 Å². The van der Waals surface area contributed by atoms with Gasteiger partial charge in [0.05, 0.1) is 18.4 Å². The largest absolute Gasteiger partial charge is 0.497 e.